The van der Waals surface area contributed by atoms with Crippen LogP contribution in [0.5, 0.6) is 23.0 Å². The van der Waals surface area contributed by atoms with E-state index >= 15 is 0 Å². The molecule has 0 unspecified atom stereocenters. The van der Waals surface area contributed by atoms with Crippen LogP contribution < -0.4 is 18.9 Å². The van der Waals surface area contributed by atoms with Crippen LogP contribution in [0, 0.1) is 6.92 Å². The van der Waals surface area contributed by atoms with Gasteiger partial charge in [0, 0.05) is 18.7 Å². The number of aryl methyl sites for hydroxylation is 1. The van der Waals surface area contributed by atoms with Gasteiger partial charge in [0.05, 0.1) is 40.1 Å². The lowest BCUT2D eigenvalue weighted by molar-refractivity contribution is -0.140. The van der Waals surface area contributed by atoms with Crippen LogP contribution >= 0.6 is 0 Å². The van der Waals surface area contributed by atoms with Gasteiger partial charge in [0.1, 0.15) is 11.5 Å². The highest BCUT2D eigenvalue weighted by atomic mass is 16.5. The molecule has 0 bridgehead atoms. The summed E-state index contributed by atoms with van der Waals surface area (Å²) in [5.74, 6) is 0.0793. The van der Waals surface area contributed by atoms with Crippen LogP contribution in [-0.2, 0) is 9.59 Å². The number of nitrogens with zero attached hydrogens (tertiary/aromatic N) is 2. The Morgan fingerprint density at radius 3 is 2.03 bits per heavy atom. The maximum absolute atomic E-state index is 13.3. The number of likely N-dealkylation sites (tertiary alicyclic amines) is 1. The molecule has 3 rings (SSSR count). The van der Waals surface area contributed by atoms with Gasteiger partial charge in [0.2, 0.25) is 5.75 Å². The highest BCUT2D eigenvalue weighted by Gasteiger charge is 2.46. The molecule has 1 atom stereocenters. The number of hydrogen-bond donors (Lipinski definition) is 1. The number of benzene rings is 2. The molecule has 1 saturated heterocycles. The lowest BCUT2D eigenvalue weighted by Crippen LogP contribution is -2.35. The summed E-state index contributed by atoms with van der Waals surface area (Å²) in [6, 6.07) is 7.60. The van der Waals surface area contributed by atoms with Crippen molar-refractivity contribution in [2.24, 2.45) is 0 Å². The number of ether oxygens (including phenoxy) is 4. The molecule has 1 N–H and O–H groups in total. The quantitative estimate of drug-likeness (QED) is 0.330. The molecule has 35 heavy (non-hydrogen) atoms. The standard InChI is InChI=1S/C26H32N2O7/c1-15-12-16(8-9-18(15)32-4)23(29)21-22(28(11-10-27(2)3)26(31)24(21)30)17-13-19(33-5)25(35-7)20(14-17)34-6/h8-9,12-14,22,29H,10-11H2,1-7H3/b23-21+/t22-/m1/s1. The molecule has 0 aromatic heterocycles. The molecule has 1 fully saturated rings. The van der Waals surface area contributed by atoms with E-state index in [-0.39, 0.29) is 17.9 Å². The Hall–Kier alpha value is -3.72. The van der Waals surface area contributed by atoms with Gasteiger partial charge in [0.15, 0.2) is 11.5 Å². The number of hydrogen-bond acceptors (Lipinski definition) is 8. The van der Waals surface area contributed by atoms with Crippen LogP contribution in [0.25, 0.3) is 5.76 Å². The molecule has 0 saturated carbocycles. The van der Waals surface area contributed by atoms with Crippen molar-refractivity contribution in [2.75, 3.05) is 55.6 Å². The van der Waals surface area contributed by atoms with E-state index in [1.54, 1.807) is 37.4 Å². The number of likely N-dealkylation sites (N-methyl/N-ethyl adjacent to an activating group) is 1. The first-order valence-corrected chi connectivity index (χ1v) is 11.1. The average molecular weight is 485 g/mol. The number of aliphatic hydroxyl groups excluding tert-OH is 1. The monoisotopic (exact) mass is 484 g/mol. The van der Waals surface area contributed by atoms with Crippen molar-refractivity contribution in [1.82, 2.24) is 9.80 Å². The lowest BCUT2D eigenvalue weighted by Gasteiger charge is -2.27. The van der Waals surface area contributed by atoms with Crippen molar-refractivity contribution in [3.8, 4) is 23.0 Å². The Kier molecular flexibility index (Phi) is 7.91. The minimum Gasteiger partial charge on any atom is -0.507 e. The molecule has 2 aromatic carbocycles. The van der Waals surface area contributed by atoms with Gasteiger partial charge >= 0.3 is 0 Å². The second-order valence-electron chi connectivity index (χ2n) is 8.44. The summed E-state index contributed by atoms with van der Waals surface area (Å²) in [7, 11) is 9.79. The molecule has 1 heterocycles. The van der Waals surface area contributed by atoms with Crippen LogP contribution in [0.1, 0.15) is 22.7 Å². The zero-order chi connectivity index (χ0) is 25.9. The van der Waals surface area contributed by atoms with Gasteiger partial charge in [-0.1, -0.05) is 0 Å². The van der Waals surface area contributed by atoms with E-state index in [1.807, 2.05) is 25.9 Å². The molecule has 2 aromatic rings. The Bertz CT molecular complexity index is 1130. The third-order valence-corrected chi connectivity index (χ3v) is 6.00. The van der Waals surface area contributed by atoms with Gasteiger partial charge in [0.25, 0.3) is 11.7 Å². The molecule has 1 aliphatic heterocycles. The second kappa shape index (κ2) is 10.7. The average Bonchev–Trinajstić information content (AvgIpc) is 3.10. The zero-order valence-corrected chi connectivity index (χ0v) is 21.2. The first kappa shape index (κ1) is 25.9. The molecule has 1 amide bonds. The van der Waals surface area contributed by atoms with Crippen molar-refractivity contribution in [1.29, 1.82) is 0 Å². The van der Waals surface area contributed by atoms with E-state index in [2.05, 4.69) is 0 Å². The van der Waals surface area contributed by atoms with Crippen molar-refractivity contribution in [3.63, 3.8) is 0 Å². The molecule has 0 radical (unpaired) electrons. The Labute approximate surface area is 205 Å². The largest absolute Gasteiger partial charge is 0.507 e. The van der Waals surface area contributed by atoms with Gasteiger partial charge < -0.3 is 33.9 Å². The predicted octanol–water partition coefficient (Wildman–Crippen LogP) is 3.01. The van der Waals surface area contributed by atoms with E-state index < -0.39 is 17.7 Å². The number of carbonyl (C=O) groups is 2. The number of rotatable bonds is 9. The van der Waals surface area contributed by atoms with Crippen LogP contribution in [0.2, 0.25) is 0 Å². The van der Waals surface area contributed by atoms with Gasteiger partial charge in [-0.2, -0.15) is 0 Å². The van der Waals surface area contributed by atoms with Gasteiger partial charge in [-0.25, -0.2) is 0 Å². The van der Waals surface area contributed by atoms with Gasteiger partial charge in [-0.3, -0.25) is 9.59 Å². The SMILES string of the molecule is COc1ccc(/C(O)=C2\C(=O)C(=O)N(CCN(C)C)[C@@H]2c2cc(OC)c(OC)c(OC)c2)cc1C. The molecule has 188 valence electrons. The van der Waals surface area contributed by atoms with Crippen LogP contribution in [-0.4, -0.2) is 82.2 Å². The van der Waals surface area contributed by atoms with E-state index in [0.29, 0.717) is 40.7 Å². The minimum absolute atomic E-state index is 0.00686. The fourth-order valence-electron chi connectivity index (χ4n) is 4.21. The maximum Gasteiger partial charge on any atom is 0.295 e. The number of Topliss-reactive ketones (excluding diaryl/α,β-unsaturated/α-hetero) is 1. The first-order chi connectivity index (χ1) is 16.7. The highest BCUT2D eigenvalue weighted by Crippen LogP contribution is 2.45. The van der Waals surface area contributed by atoms with E-state index in [1.165, 1.54) is 26.2 Å². The fraction of sp³-hybridized carbons (Fsp3) is 0.385. The van der Waals surface area contributed by atoms with Gasteiger partial charge in [-0.15, -0.1) is 0 Å². The number of aliphatic hydroxyl groups is 1. The summed E-state index contributed by atoms with van der Waals surface area (Å²) in [5, 5.41) is 11.3. The van der Waals surface area contributed by atoms with Gasteiger partial charge in [-0.05, 0) is 62.5 Å². The predicted molar refractivity (Wildman–Crippen MR) is 131 cm³/mol. The summed E-state index contributed by atoms with van der Waals surface area (Å²) in [5.41, 5.74) is 1.73. The third kappa shape index (κ3) is 4.90. The molecule has 9 heteroatoms. The summed E-state index contributed by atoms with van der Waals surface area (Å²) < 4.78 is 21.7. The third-order valence-electron chi connectivity index (χ3n) is 6.00. The second-order valence-corrected chi connectivity index (χ2v) is 8.44. The number of ketones is 1. The maximum atomic E-state index is 13.3. The Morgan fingerprint density at radius 2 is 1.54 bits per heavy atom. The summed E-state index contributed by atoms with van der Waals surface area (Å²) in [6.45, 7) is 2.63. The minimum atomic E-state index is -0.855. The fourth-order valence-corrected chi connectivity index (χ4v) is 4.21. The van der Waals surface area contributed by atoms with Crippen molar-refractivity contribution in [3.05, 3.63) is 52.6 Å². The Balaban J connectivity index is 2.26. The highest BCUT2D eigenvalue weighted by molar-refractivity contribution is 6.46. The number of methoxy groups -OCH3 is 4. The van der Waals surface area contributed by atoms with Crippen LogP contribution in [0.15, 0.2) is 35.9 Å². The summed E-state index contributed by atoms with van der Waals surface area (Å²) >= 11 is 0. The van der Waals surface area contributed by atoms with E-state index in [0.717, 1.165) is 5.56 Å². The van der Waals surface area contributed by atoms with E-state index in [9.17, 15) is 14.7 Å². The molecular weight excluding hydrogens is 452 g/mol. The van der Waals surface area contributed by atoms with Crippen molar-refractivity contribution in [2.45, 2.75) is 13.0 Å². The zero-order valence-electron chi connectivity index (χ0n) is 21.2. The summed E-state index contributed by atoms with van der Waals surface area (Å²) in [4.78, 5) is 29.8. The molecule has 0 spiro atoms. The molecular formula is C26H32N2O7. The Morgan fingerprint density at radius 1 is 0.943 bits per heavy atom. The van der Waals surface area contributed by atoms with Crippen LogP contribution in [0.3, 0.4) is 0 Å². The smallest absolute Gasteiger partial charge is 0.295 e. The number of carbonyl (C=O) groups excluding carboxylic acids is 2. The van der Waals surface area contributed by atoms with Crippen LogP contribution in [0.4, 0.5) is 0 Å². The summed E-state index contributed by atoms with van der Waals surface area (Å²) in [6.07, 6.45) is 0. The van der Waals surface area contributed by atoms with Crippen molar-refractivity contribution < 1.29 is 33.6 Å². The van der Waals surface area contributed by atoms with Crippen molar-refractivity contribution >= 4 is 17.4 Å². The molecule has 9 nitrogen and oxygen atoms in total. The lowest BCUT2D eigenvalue weighted by atomic mass is 9.94. The normalized spacial score (nSPS) is 17.1. The molecule has 0 aliphatic carbocycles. The molecule has 1 aliphatic rings. The first-order valence-electron chi connectivity index (χ1n) is 11.1. The number of amides is 1. The topological polar surface area (TPSA) is 97.8 Å². The van der Waals surface area contributed by atoms with E-state index in [4.69, 9.17) is 18.9 Å².